The van der Waals surface area contributed by atoms with Gasteiger partial charge in [-0.25, -0.2) is 0 Å². The van der Waals surface area contributed by atoms with E-state index >= 15 is 0 Å². The maximum Gasteiger partial charge on any atom is 0.0593 e. The molecule has 0 saturated carbocycles. The second kappa shape index (κ2) is 5.22. The molecule has 0 saturated heterocycles. The zero-order valence-electron chi connectivity index (χ0n) is 10.4. The summed E-state index contributed by atoms with van der Waals surface area (Å²) in [5.74, 6) is 5.73. The largest absolute Gasteiger partial charge is 0.271 e. The van der Waals surface area contributed by atoms with Crippen LogP contribution in [0.15, 0.2) is 36.4 Å². The van der Waals surface area contributed by atoms with Gasteiger partial charge in [-0.05, 0) is 42.9 Å². The van der Waals surface area contributed by atoms with Gasteiger partial charge in [-0.1, -0.05) is 30.3 Å². The number of rotatable bonds is 4. The lowest BCUT2D eigenvalue weighted by Gasteiger charge is -2.14. The zero-order chi connectivity index (χ0) is 12.4. The lowest BCUT2D eigenvalue weighted by molar-refractivity contribution is 0.560. The molecule has 94 valence electrons. The van der Waals surface area contributed by atoms with Gasteiger partial charge in [-0.3, -0.25) is 11.3 Å². The van der Waals surface area contributed by atoms with Crippen LogP contribution in [0.4, 0.5) is 0 Å². The summed E-state index contributed by atoms with van der Waals surface area (Å²) >= 11 is 1.93. The van der Waals surface area contributed by atoms with Gasteiger partial charge in [-0.15, -0.1) is 11.3 Å². The molecule has 3 rings (SSSR count). The third-order valence-electron chi connectivity index (χ3n) is 3.59. The first-order chi connectivity index (χ1) is 8.86. The fourth-order valence-corrected chi connectivity index (χ4v) is 3.93. The third kappa shape index (κ3) is 2.34. The van der Waals surface area contributed by atoms with E-state index < -0.39 is 0 Å². The Balaban J connectivity index is 1.79. The van der Waals surface area contributed by atoms with Crippen LogP contribution in [-0.2, 0) is 19.3 Å². The number of thiophene rings is 1. The van der Waals surface area contributed by atoms with Crippen LogP contribution in [0, 0.1) is 0 Å². The molecule has 1 atom stereocenters. The molecule has 0 amide bonds. The van der Waals surface area contributed by atoms with Crippen LogP contribution in [0.1, 0.15) is 33.3 Å². The van der Waals surface area contributed by atoms with E-state index in [1.54, 1.807) is 10.4 Å². The summed E-state index contributed by atoms with van der Waals surface area (Å²) in [4.78, 5) is 2.95. The average molecular weight is 258 g/mol. The summed E-state index contributed by atoms with van der Waals surface area (Å²) in [5.41, 5.74) is 5.84. The summed E-state index contributed by atoms with van der Waals surface area (Å²) in [7, 11) is 0. The van der Waals surface area contributed by atoms with E-state index in [-0.39, 0.29) is 6.04 Å². The molecule has 3 N–H and O–H groups in total. The molecule has 0 fully saturated rings. The molecule has 18 heavy (non-hydrogen) atoms. The Morgan fingerprint density at radius 2 is 2.06 bits per heavy atom. The lowest BCUT2D eigenvalue weighted by atomic mass is 10.0. The number of aryl methyl sites for hydroxylation is 2. The second-order valence-corrected chi connectivity index (χ2v) is 6.03. The SMILES string of the molecule is NNC(Cc1ccccc1)c1cc2c(s1)CCC2. The van der Waals surface area contributed by atoms with Gasteiger partial charge in [0.25, 0.3) is 0 Å². The monoisotopic (exact) mass is 258 g/mol. The molecule has 1 aromatic carbocycles. The number of nitrogens with two attached hydrogens (primary N) is 1. The number of hydrogen-bond acceptors (Lipinski definition) is 3. The van der Waals surface area contributed by atoms with Crippen molar-refractivity contribution in [3.8, 4) is 0 Å². The van der Waals surface area contributed by atoms with E-state index in [9.17, 15) is 0 Å². The Morgan fingerprint density at radius 3 is 2.78 bits per heavy atom. The first-order valence-electron chi connectivity index (χ1n) is 6.48. The minimum Gasteiger partial charge on any atom is -0.271 e. The number of benzene rings is 1. The number of hydrazine groups is 1. The van der Waals surface area contributed by atoms with Gasteiger partial charge >= 0.3 is 0 Å². The molecule has 2 nitrogen and oxygen atoms in total. The van der Waals surface area contributed by atoms with Crippen molar-refractivity contribution in [2.45, 2.75) is 31.7 Å². The van der Waals surface area contributed by atoms with Gasteiger partial charge in [0.05, 0.1) is 6.04 Å². The van der Waals surface area contributed by atoms with Gasteiger partial charge in [0.1, 0.15) is 0 Å². The van der Waals surface area contributed by atoms with Crippen molar-refractivity contribution < 1.29 is 0 Å². The highest BCUT2D eigenvalue weighted by Crippen LogP contribution is 2.34. The van der Waals surface area contributed by atoms with Crippen LogP contribution >= 0.6 is 11.3 Å². The fraction of sp³-hybridized carbons (Fsp3) is 0.333. The van der Waals surface area contributed by atoms with E-state index in [0.29, 0.717) is 0 Å². The van der Waals surface area contributed by atoms with E-state index in [1.165, 1.54) is 29.7 Å². The van der Waals surface area contributed by atoms with Gasteiger partial charge in [0, 0.05) is 9.75 Å². The Labute approximate surface area is 112 Å². The lowest BCUT2D eigenvalue weighted by Crippen LogP contribution is -2.28. The van der Waals surface area contributed by atoms with Crippen LogP contribution in [-0.4, -0.2) is 0 Å². The van der Waals surface area contributed by atoms with Crippen molar-refractivity contribution in [3.05, 3.63) is 57.3 Å². The summed E-state index contributed by atoms with van der Waals surface area (Å²) in [6, 6.07) is 13.1. The molecule has 0 radical (unpaired) electrons. The minimum atomic E-state index is 0.239. The molecule has 0 aliphatic heterocycles. The highest BCUT2D eigenvalue weighted by atomic mass is 32.1. The summed E-state index contributed by atoms with van der Waals surface area (Å²) in [6.45, 7) is 0. The molecular formula is C15H18N2S. The van der Waals surface area contributed by atoms with Gasteiger partial charge in [0.2, 0.25) is 0 Å². The molecule has 0 spiro atoms. The Morgan fingerprint density at radius 1 is 1.22 bits per heavy atom. The van der Waals surface area contributed by atoms with Crippen LogP contribution in [0.5, 0.6) is 0 Å². The van der Waals surface area contributed by atoms with Crippen molar-refractivity contribution in [2.24, 2.45) is 5.84 Å². The van der Waals surface area contributed by atoms with Crippen molar-refractivity contribution in [2.75, 3.05) is 0 Å². The molecule has 2 aromatic rings. The quantitative estimate of drug-likeness (QED) is 0.653. The third-order valence-corrected chi connectivity index (χ3v) is 4.94. The van der Waals surface area contributed by atoms with Crippen LogP contribution in [0.25, 0.3) is 0 Å². The van der Waals surface area contributed by atoms with Gasteiger partial charge < -0.3 is 0 Å². The normalized spacial score (nSPS) is 15.6. The molecule has 3 heteroatoms. The highest BCUT2D eigenvalue weighted by Gasteiger charge is 2.19. The Kier molecular flexibility index (Phi) is 3.46. The van der Waals surface area contributed by atoms with Crippen molar-refractivity contribution in [3.63, 3.8) is 0 Å². The first-order valence-corrected chi connectivity index (χ1v) is 7.30. The van der Waals surface area contributed by atoms with Gasteiger partial charge in [-0.2, -0.15) is 0 Å². The average Bonchev–Trinajstić information content (AvgIpc) is 2.98. The molecule has 1 aromatic heterocycles. The maximum absolute atomic E-state index is 5.73. The number of hydrogen-bond donors (Lipinski definition) is 2. The molecule has 1 unspecified atom stereocenters. The topological polar surface area (TPSA) is 38.0 Å². The van der Waals surface area contributed by atoms with Gasteiger partial charge in [0.15, 0.2) is 0 Å². The zero-order valence-corrected chi connectivity index (χ0v) is 11.2. The summed E-state index contributed by atoms with van der Waals surface area (Å²) in [6.07, 6.45) is 4.77. The maximum atomic E-state index is 5.73. The fourth-order valence-electron chi connectivity index (χ4n) is 2.62. The first kappa shape index (κ1) is 11.9. The van der Waals surface area contributed by atoms with Crippen LogP contribution in [0.2, 0.25) is 0 Å². The molecule has 0 bridgehead atoms. The standard InChI is InChI=1S/C15H18N2S/c16-17-13(9-11-5-2-1-3-6-11)15-10-12-7-4-8-14(12)18-15/h1-3,5-6,10,13,17H,4,7-9,16H2. The number of nitrogens with one attached hydrogen (secondary N) is 1. The van der Waals surface area contributed by atoms with Crippen molar-refractivity contribution in [1.29, 1.82) is 0 Å². The summed E-state index contributed by atoms with van der Waals surface area (Å²) in [5, 5.41) is 0. The van der Waals surface area contributed by atoms with Crippen molar-refractivity contribution in [1.82, 2.24) is 5.43 Å². The van der Waals surface area contributed by atoms with E-state index in [0.717, 1.165) is 6.42 Å². The van der Waals surface area contributed by atoms with E-state index in [2.05, 4.69) is 35.8 Å². The Hall–Kier alpha value is -1.16. The Bertz CT molecular complexity index is 497. The van der Waals surface area contributed by atoms with Crippen LogP contribution < -0.4 is 11.3 Å². The molecule has 1 aliphatic carbocycles. The predicted molar refractivity (Wildman–Crippen MR) is 76.6 cm³/mol. The predicted octanol–water partition coefficient (Wildman–Crippen LogP) is 2.98. The molecule has 1 aliphatic rings. The van der Waals surface area contributed by atoms with E-state index in [1.807, 2.05) is 17.4 Å². The second-order valence-electron chi connectivity index (χ2n) is 4.86. The smallest absolute Gasteiger partial charge is 0.0593 e. The summed E-state index contributed by atoms with van der Waals surface area (Å²) < 4.78 is 0. The van der Waals surface area contributed by atoms with Crippen molar-refractivity contribution >= 4 is 11.3 Å². The van der Waals surface area contributed by atoms with Crippen LogP contribution in [0.3, 0.4) is 0 Å². The molecular weight excluding hydrogens is 240 g/mol. The number of fused-ring (bicyclic) bond motifs is 1. The minimum absolute atomic E-state index is 0.239. The highest BCUT2D eigenvalue weighted by molar-refractivity contribution is 7.12. The van der Waals surface area contributed by atoms with E-state index in [4.69, 9.17) is 5.84 Å². The molecule has 1 heterocycles.